The Bertz CT molecular complexity index is 840. The van der Waals surface area contributed by atoms with Gasteiger partial charge in [0.2, 0.25) is 10.0 Å². The van der Waals surface area contributed by atoms with E-state index in [-0.39, 0.29) is 16.3 Å². The molecule has 3 heterocycles. The van der Waals surface area contributed by atoms with Gasteiger partial charge in [-0.2, -0.15) is 5.10 Å². The van der Waals surface area contributed by atoms with E-state index in [1.165, 1.54) is 13.2 Å². The first-order valence-electron chi connectivity index (χ1n) is 7.29. The largest absolute Gasteiger partial charge is 0.465 e. The lowest BCUT2D eigenvalue weighted by atomic mass is 10.2. The average molecular weight is 371 g/mol. The summed E-state index contributed by atoms with van der Waals surface area (Å²) in [6.07, 6.45) is 2.51. The van der Waals surface area contributed by atoms with Crippen molar-refractivity contribution in [2.75, 3.05) is 20.3 Å². The molecule has 0 aromatic carbocycles. The molecule has 2 aromatic rings. The third-order valence-electron chi connectivity index (χ3n) is 3.68. The lowest BCUT2D eigenvalue weighted by Gasteiger charge is -2.15. The second kappa shape index (κ2) is 7.01. The van der Waals surface area contributed by atoms with Crippen LogP contribution in [0.4, 0.5) is 0 Å². The first-order valence-corrected chi connectivity index (χ1v) is 9.66. The standard InChI is InChI=1S/C14H17N3O5S2/c1-21-14(18)13-12(3-7-23-13)24(19,20)16-4-5-17-11-2-6-22-9-10(11)8-15-17/h3,7-8,16H,2,4-6,9H2,1H3. The molecule has 0 fully saturated rings. The number of methoxy groups -OCH3 is 1. The maximum atomic E-state index is 12.4. The molecule has 0 atom stereocenters. The Labute approximate surface area is 143 Å². The molecule has 24 heavy (non-hydrogen) atoms. The molecular formula is C14H17N3O5S2. The van der Waals surface area contributed by atoms with Crippen LogP contribution in [0, 0.1) is 0 Å². The Morgan fingerprint density at radius 1 is 1.54 bits per heavy atom. The molecule has 8 nitrogen and oxygen atoms in total. The van der Waals surface area contributed by atoms with E-state index in [1.54, 1.807) is 16.3 Å². The van der Waals surface area contributed by atoms with Crippen molar-refractivity contribution in [3.63, 3.8) is 0 Å². The zero-order valence-corrected chi connectivity index (χ0v) is 14.7. The van der Waals surface area contributed by atoms with Gasteiger partial charge < -0.3 is 9.47 Å². The minimum Gasteiger partial charge on any atom is -0.465 e. The van der Waals surface area contributed by atoms with Gasteiger partial charge in [0.1, 0.15) is 9.77 Å². The summed E-state index contributed by atoms with van der Waals surface area (Å²) < 4.78 is 39.0. The Morgan fingerprint density at radius 2 is 2.38 bits per heavy atom. The van der Waals surface area contributed by atoms with Crippen LogP contribution in [0.3, 0.4) is 0 Å². The third-order valence-corrected chi connectivity index (χ3v) is 6.21. The van der Waals surface area contributed by atoms with E-state index in [9.17, 15) is 13.2 Å². The smallest absolute Gasteiger partial charge is 0.349 e. The summed E-state index contributed by atoms with van der Waals surface area (Å²) in [5.41, 5.74) is 2.11. The van der Waals surface area contributed by atoms with Gasteiger partial charge in [0, 0.05) is 24.2 Å². The highest BCUT2D eigenvalue weighted by Gasteiger charge is 2.24. The Morgan fingerprint density at radius 3 is 3.17 bits per heavy atom. The fourth-order valence-electron chi connectivity index (χ4n) is 2.52. The van der Waals surface area contributed by atoms with Crippen molar-refractivity contribution in [2.24, 2.45) is 0 Å². The summed E-state index contributed by atoms with van der Waals surface area (Å²) in [5, 5.41) is 5.82. The van der Waals surface area contributed by atoms with Gasteiger partial charge in [-0.25, -0.2) is 17.9 Å². The second-order valence-electron chi connectivity index (χ2n) is 5.15. The van der Waals surface area contributed by atoms with E-state index in [4.69, 9.17) is 4.74 Å². The van der Waals surface area contributed by atoms with E-state index in [0.717, 1.165) is 29.0 Å². The number of fused-ring (bicyclic) bond motifs is 1. The summed E-state index contributed by atoms with van der Waals surface area (Å²) in [5.74, 6) is -0.661. The van der Waals surface area contributed by atoms with Crippen LogP contribution in [0.5, 0.6) is 0 Å². The van der Waals surface area contributed by atoms with Gasteiger partial charge in [0.05, 0.1) is 33.1 Å². The quantitative estimate of drug-likeness (QED) is 0.754. The minimum atomic E-state index is -3.78. The van der Waals surface area contributed by atoms with Crippen molar-refractivity contribution in [3.8, 4) is 0 Å². The maximum Gasteiger partial charge on any atom is 0.349 e. The minimum absolute atomic E-state index is 0.0600. The van der Waals surface area contributed by atoms with E-state index in [0.29, 0.717) is 19.8 Å². The van der Waals surface area contributed by atoms with E-state index in [1.807, 2.05) is 0 Å². The number of esters is 1. The predicted molar refractivity (Wildman–Crippen MR) is 86.4 cm³/mol. The van der Waals surface area contributed by atoms with Gasteiger partial charge in [-0.3, -0.25) is 4.68 Å². The average Bonchev–Trinajstić information content (AvgIpc) is 3.22. The molecular weight excluding hydrogens is 354 g/mol. The summed E-state index contributed by atoms with van der Waals surface area (Å²) in [6, 6.07) is 1.40. The fraction of sp³-hybridized carbons (Fsp3) is 0.429. The molecule has 0 saturated heterocycles. The monoisotopic (exact) mass is 371 g/mol. The van der Waals surface area contributed by atoms with Gasteiger partial charge >= 0.3 is 5.97 Å². The highest BCUT2D eigenvalue weighted by molar-refractivity contribution is 7.89. The molecule has 10 heteroatoms. The molecule has 2 aromatic heterocycles. The molecule has 0 aliphatic carbocycles. The number of carbonyl (C=O) groups excluding carboxylic acids is 1. The van der Waals surface area contributed by atoms with Gasteiger partial charge in [-0.1, -0.05) is 0 Å². The predicted octanol–water partition coefficient (Wildman–Crippen LogP) is 0.782. The first-order chi connectivity index (χ1) is 11.5. The molecule has 0 amide bonds. The molecule has 130 valence electrons. The van der Waals surface area contributed by atoms with Crippen molar-refractivity contribution in [1.82, 2.24) is 14.5 Å². The number of sulfonamides is 1. The summed E-state index contributed by atoms with van der Waals surface area (Å²) in [7, 11) is -2.56. The second-order valence-corrected chi connectivity index (χ2v) is 7.80. The van der Waals surface area contributed by atoms with Crippen LogP contribution in [0.15, 0.2) is 22.5 Å². The summed E-state index contributed by atoms with van der Waals surface area (Å²) >= 11 is 1.03. The normalized spacial score (nSPS) is 14.4. The van der Waals surface area contributed by atoms with E-state index >= 15 is 0 Å². The van der Waals surface area contributed by atoms with Crippen molar-refractivity contribution in [3.05, 3.63) is 33.8 Å². The highest BCUT2D eigenvalue weighted by Crippen LogP contribution is 2.22. The van der Waals surface area contributed by atoms with Gasteiger partial charge in [0.25, 0.3) is 0 Å². The number of carbonyl (C=O) groups is 1. The Hall–Kier alpha value is -1.75. The van der Waals surface area contributed by atoms with Crippen LogP contribution in [-0.4, -0.2) is 44.4 Å². The Kier molecular flexibility index (Phi) is 4.99. The molecule has 1 aliphatic rings. The van der Waals surface area contributed by atoms with Gasteiger partial charge in [0.15, 0.2) is 0 Å². The zero-order chi connectivity index (χ0) is 17.2. The summed E-state index contributed by atoms with van der Waals surface area (Å²) in [6.45, 7) is 1.76. The third kappa shape index (κ3) is 3.36. The molecule has 0 radical (unpaired) electrons. The maximum absolute atomic E-state index is 12.4. The van der Waals surface area contributed by atoms with Crippen LogP contribution in [-0.2, 0) is 39.1 Å². The van der Waals surface area contributed by atoms with Gasteiger partial charge in [-0.15, -0.1) is 11.3 Å². The van der Waals surface area contributed by atoms with Crippen molar-refractivity contribution in [1.29, 1.82) is 0 Å². The van der Waals surface area contributed by atoms with Crippen LogP contribution < -0.4 is 4.72 Å². The SMILES string of the molecule is COC(=O)c1sccc1S(=O)(=O)NCCn1ncc2c1CCOC2. The molecule has 0 spiro atoms. The molecule has 0 unspecified atom stereocenters. The number of thiophene rings is 1. The van der Waals surface area contributed by atoms with Crippen molar-refractivity contribution in [2.45, 2.75) is 24.5 Å². The van der Waals surface area contributed by atoms with E-state index < -0.39 is 16.0 Å². The summed E-state index contributed by atoms with van der Waals surface area (Å²) in [4.78, 5) is 11.6. The van der Waals surface area contributed by atoms with Crippen molar-refractivity contribution >= 4 is 27.3 Å². The Balaban J connectivity index is 1.67. The highest BCUT2D eigenvalue weighted by atomic mass is 32.2. The lowest BCUT2D eigenvalue weighted by Crippen LogP contribution is -2.29. The van der Waals surface area contributed by atoms with Crippen LogP contribution >= 0.6 is 11.3 Å². The van der Waals surface area contributed by atoms with Crippen LogP contribution in [0.2, 0.25) is 0 Å². The number of hydrogen-bond acceptors (Lipinski definition) is 7. The van der Waals surface area contributed by atoms with Crippen molar-refractivity contribution < 1.29 is 22.7 Å². The molecule has 0 bridgehead atoms. The first kappa shape index (κ1) is 17.1. The number of hydrogen-bond donors (Lipinski definition) is 1. The molecule has 0 saturated carbocycles. The number of aromatic nitrogens is 2. The fourth-order valence-corrected chi connectivity index (χ4v) is 4.87. The van der Waals surface area contributed by atoms with Gasteiger partial charge in [-0.05, 0) is 11.4 Å². The topological polar surface area (TPSA) is 99.5 Å². The van der Waals surface area contributed by atoms with Crippen LogP contribution in [0.1, 0.15) is 20.9 Å². The number of rotatable bonds is 6. The molecule has 3 rings (SSSR count). The number of ether oxygens (including phenoxy) is 2. The lowest BCUT2D eigenvalue weighted by molar-refractivity contribution is 0.0602. The zero-order valence-electron chi connectivity index (χ0n) is 13.0. The number of nitrogens with zero attached hydrogens (tertiary/aromatic N) is 2. The van der Waals surface area contributed by atoms with Crippen LogP contribution in [0.25, 0.3) is 0 Å². The number of nitrogens with one attached hydrogen (secondary N) is 1. The van der Waals surface area contributed by atoms with E-state index in [2.05, 4.69) is 14.6 Å². The molecule has 1 N–H and O–H groups in total. The molecule has 1 aliphatic heterocycles.